The van der Waals surface area contributed by atoms with Crippen molar-refractivity contribution < 1.29 is 19.0 Å². The lowest BCUT2D eigenvalue weighted by Crippen LogP contribution is -2.34. The standard InChI is InChI=1S/C20H24N2O4/c1-24-15-8-6-14(7-9-15)21-20(23)22-12-4-5-18(22)17-13-16(25-2)10-11-19(17)26-3/h6-11,13,18H,4-5,12H2,1-3H3,(H,21,23). The van der Waals surface area contributed by atoms with E-state index in [2.05, 4.69) is 5.32 Å². The van der Waals surface area contributed by atoms with Crippen LogP contribution in [0.4, 0.5) is 10.5 Å². The number of methoxy groups -OCH3 is 3. The van der Waals surface area contributed by atoms with E-state index in [-0.39, 0.29) is 12.1 Å². The Balaban J connectivity index is 1.80. The van der Waals surface area contributed by atoms with Crippen molar-refractivity contribution in [2.75, 3.05) is 33.2 Å². The van der Waals surface area contributed by atoms with Crippen LogP contribution in [0, 0.1) is 0 Å². The molecule has 0 aliphatic carbocycles. The predicted octanol–water partition coefficient (Wildman–Crippen LogP) is 4.08. The number of rotatable bonds is 5. The Morgan fingerprint density at radius 2 is 1.69 bits per heavy atom. The van der Waals surface area contributed by atoms with Gasteiger partial charge >= 0.3 is 6.03 Å². The minimum absolute atomic E-state index is 0.0432. The maximum Gasteiger partial charge on any atom is 0.322 e. The van der Waals surface area contributed by atoms with Crippen LogP contribution in [0.2, 0.25) is 0 Å². The zero-order chi connectivity index (χ0) is 18.5. The number of anilines is 1. The lowest BCUT2D eigenvalue weighted by atomic mass is 10.0. The van der Waals surface area contributed by atoms with Gasteiger partial charge in [0.2, 0.25) is 0 Å². The molecule has 2 amide bonds. The van der Waals surface area contributed by atoms with Gasteiger partial charge in [0.25, 0.3) is 0 Å². The van der Waals surface area contributed by atoms with Gasteiger partial charge in [-0.1, -0.05) is 0 Å². The van der Waals surface area contributed by atoms with Crippen LogP contribution in [0.15, 0.2) is 42.5 Å². The molecular weight excluding hydrogens is 332 g/mol. The average Bonchev–Trinajstić information content (AvgIpc) is 3.18. The molecule has 0 bridgehead atoms. The summed E-state index contributed by atoms with van der Waals surface area (Å²) in [6.07, 6.45) is 1.83. The van der Waals surface area contributed by atoms with E-state index >= 15 is 0 Å². The Morgan fingerprint density at radius 3 is 2.35 bits per heavy atom. The fourth-order valence-electron chi connectivity index (χ4n) is 3.30. The maximum atomic E-state index is 12.8. The Hall–Kier alpha value is -2.89. The molecule has 1 fully saturated rings. The summed E-state index contributed by atoms with van der Waals surface area (Å²) < 4.78 is 16.0. The molecule has 1 aliphatic heterocycles. The summed E-state index contributed by atoms with van der Waals surface area (Å²) in [5.41, 5.74) is 1.70. The molecule has 26 heavy (non-hydrogen) atoms. The van der Waals surface area contributed by atoms with Crippen LogP contribution in [0.25, 0.3) is 0 Å². The van der Waals surface area contributed by atoms with E-state index in [9.17, 15) is 4.79 Å². The van der Waals surface area contributed by atoms with Gasteiger partial charge in [0.15, 0.2) is 0 Å². The third-order valence-electron chi connectivity index (χ3n) is 4.65. The third-order valence-corrected chi connectivity index (χ3v) is 4.65. The fourth-order valence-corrected chi connectivity index (χ4v) is 3.30. The average molecular weight is 356 g/mol. The van der Waals surface area contributed by atoms with Gasteiger partial charge in [-0.2, -0.15) is 0 Å². The van der Waals surface area contributed by atoms with E-state index in [4.69, 9.17) is 14.2 Å². The minimum atomic E-state index is -0.123. The summed E-state index contributed by atoms with van der Waals surface area (Å²) in [4.78, 5) is 14.7. The highest BCUT2D eigenvalue weighted by molar-refractivity contribution is 5.90. The van der Waals surface area contributed by atoms with Crippen molar-refractivity contribution in [3.05, 3.63) is 48.0 Å². The molecule has 1 heterocycles. The molecule has 2 aromatic rings. The molecule has 1 N–H and O–H groups in total. The first-order valence-electron chi connectivity index (χ1n) is 8.60. The first kappa shape index (κ1) is 17.9. The van der Waals surface area contributed by atoms with Gasteiger partial charge in [0, 0.05) is 17.8 Å². The molecule has 1 atom stereocenters. The van der Waals surface area contributed by atoms with Gasteiger partial charge in [0.1, 0.15) is 17.2 Å². The van der Waals surface area contributed by atoms with E-state index in [1.165, 1.54) is 0 Å². The number of urea groups is 1. The zero-order valence-electron chi connectivity index (χ0n) is 15.3. The van der Waals surface area contributed by atoms with Crippen molar-refractivity contribution >= 4 is 11.7 Å². The number of carbonyl (C=O) groups is 1. The van der Waals surface area contributed by atoms with Crippen LogP contribution in [-0.2, 0) is 0 Å². The fraction of sp³-hybridized carbons (Fsp3) is 0.350. The number of hydrogen-bond acceptors (Lipinski definition) is 4. The van der Waals surface area contributed by atoms with Gasteiger partial charge < -0.3 is 24.4 Å². The Kier molecular flexibility index (Phi) is 5.51. The van der Waals surface area contributed by atoms with E-state index < -0.39 is 0 Å². The van der Waals surface area contributed by atoms with Crippen LogP contribution in [0.1, 0.15) is 24.4 Å². The lowest BCUT2D eigenvalue weighted by molar-refractivity contribution is 0.206. The normalized spacial score (nSPS) is 16.3. The molecule has 1 aliphatic rings. The molecule has 6 nitrogen and oxygen atoms in total. The summed E-state index contributed by atoms with van der Waals surface area (Å²) in [5, 5.41) is 2.96. The highest BCUT2D eigenvalue weighted by Crippen LogP contribution is 2.39. The highest BCUT2D eigenvalue weighted by atomic mass is 16.5. The molecule has 1 unspecified atom stereocenters. The number of nitrogens with one attached hydrogen (secondary N) is 1. The number of nitrogens with zero attached hydrogens (tertiary/aromatic N) is 1. The third kappa shape index (κ3) is 3.69. The van der Waals surface area contributed by atoms with E-state index in [1.54, 1.807) is 21.3 Å². The molecular formula is C20H24N2O4. The lowest BCUT2D eigenvalue weighted by Gasteiger charge is -2.27. The maximum absolute atomic E-state index is 12.8. The van der Waals surface area contributed by atoms with E-state index in [1.807, 2.05) is 47.4 Å². The van der Waals surface area contributed by atoms with Crippen LogP contribution < -0.4 is 19.5 Å². The van der Waals surface area contributed by atoms with Gasteiger partial charge in [0.05, 0.1) is 27.4 Å². The highest BCUT2D eigenvalue weighted by Gasteiger charge is 2.32. The van der Waals surface area contributed by atoms with Crippen molar-refractivity contribution in [1.82, 2.24) is 4.90 Å². The van der Waals surface area contributed by atoms with Crippen LogP contribution in [-0.4, -0.2) is 38.8 Å². The molecule has 3 rings (SSSR count). The van der Waals surface area contributed by atoms with Crippen molar-refractivity contribution in [2.45, 2.75) is 18.9 Å². The Bertz CT molecular complexity index is 761. The molecule has 0 radical (unpaired) electrons. The van der Waals surface area contributed by atoms with Crippen molar-refractivity contribution in [1.29, 1.82) is 0 Å². The quantitative estimate of drug-likeness (QED) is 0.877. The molecule has 6 heteroatoms. The largest absolute Gasteiger partial charge is 0.497 e. The first-order chi connectivity index (χ1) is 12.7. The molecule has 2 aromatic carbocycles. The molecule has 0 saturated carbocycles. The van der Waals surface area contributed by atoms with E-state index in [0.29, 0.717) is 6.54 Å². The molecule has 1 saturated heterocycles. The number of carbonyl (C=O) groups excluding carboxylic acids is 1. The van der Waals surface area contributed by atoms with Crippen molar-refractivity contribution in [2.24, 2.45) is 0 Å². The molecule has 0 spiro atoms. The van der Waals surface area contributed by atoms with Crippen LogP contribution >= 0.6 is 0 Å². The second-order valence-electron chi connectivity index (χ2n) is 6.12. The summed E-state index contributed by atoms with van der Waals surface area (Å²) in [6.45, 7) is 0.701. The van der Waals surface area contributed by atoms with Gasteiger partial charge in [-0.25, -0.2) is 4.79 Å². The number of amides is 2. The zero-order valence-corrected chi connectivity index (χ0v) is 15.3. The Morgan fingerprint density at radius 1 is 1.00 bits per heavy atom. The summed E-state index contributed by atoms with van der Waals surface area (Å²) >= 11 is 0. The number of likely N-dealkylation sites (tertiary alicyclic amines) is 1. The molecule has 0 aromatic heterocycles. The smallest absolute Gasteiger partial charge is 0.322 e. The molecule has 138 valence electrons. The van der Waals surface area contributed by atoms with Crippen molar-refractivity contribution in [3.63, 3.8) is 0 Å². The SMILES string of the molecule is COc1ccc(NC(=O)N2CCCC2c2cc(OC)ccc2OC)cc1. The van der Waals surface area contributed by atoms with Gasteiger partial charge in [-0.15, -0.1) is 0 Å². The van der Waals surface area contributed by atoms with Crippen molar-refractivity contribution in [3.8, 4) is 17.2 Å². The van der Waals surface area contributed by atoms with E-state index in [0.717, 1.165) is 41.3 Å². The second-order valence-corrected chi connectivity index (χ2v) is 6.12. The minimum Gasteiger partial charge on any atom is -0.497 e. The van der Waals surface area contributed by atoms with Gasteiger partial charge in [-0.3, -0.25) is 0 Å². The van der Waals surface area contributed by atoms with Crippen LogP contribution in [0.3, 0.4) is 0 Å². The summed E-state index contributed by atoms with van der Waals surface area (Å²) in [5.74, 6) is 2.27. The second kappa shape index (κ2) is 7.99. The first-order valence-corrected chi connectivity index (χ1v) is 8.60. The predicted molar refractivity (Wildman–Crippen MR) is 100 cm³/mol. The number of benzene rings is 2. The topological polar surface area (TPSA) is 60.0 Å². The number of ether oxygens (including phenoxy) is 3. The Labute approximate surface area is 153 Å². The summed E-state index contributed by atoms with van der Waals surface area (Å²) in [7, 11) is 4.89. The van der Waals surface area contributed by atoms with Gasteiger partial charge in [-0.05, 0) is 55.3 Å². The number of hydrogen-bond donors (Lipinski definition) is 1. The monoisotopic (exact) mass is 356 g/mol. The summed E-state index contributed by atoms with van der Waals surface area (Å²) in [6, 6.07) is 12.8. The van der Waals surface area contributed by atoms with Crippen LogP contribution in [0.5, 0.6) is 17.2 Å².